The molecule has 0 radical (unpaired) electrons. The number of piperidine rings is 1. The van der Waals surface area contributed by atoms with Crippen LogP contribution in [-0.4, -0.2) is 67.7 Å². The number of methoxy groups -OCH3 is 1. The molecule has 2 aliphatic rings. The lowest BCUT2D eigenvalue weighted by Crippen LogP contribution is -2.65. The van der Waals surface area contributed by atoms with Gasteiger partial charge in [-0.15, -0.1) is 10.2 Å². The summed E-state index contributed by atoms with van der Waals surface area (Å²) in [6.45, 7) is 4.13. The molecule has 0 amide bonds. The summed E-state index contributed by atoms with van der Waals surface area (Å²) in [4.78, 5) is 14.1. The summed E-state index contributed by atoms with van der Waals surface area (Å²) >= 11 is 1.33. The Hall–Kier alpha value is -2.92. The van der Waals surface area contributed by atoms with Crippen LogP contribution in [0.1, 0.15) is 33.1 Å². The Labute approximate surface area is 195 Å². The van der Waals surface area contributed by atoms with Gasteiger partial charge in [-0.2, -0.15) is 9.97 Å². The number of nitrogens with one attached hydrogen (secondary N) is 1. The van der Waals surface area contributed by atoms with Crippen LogP contribution >= 0.6 is 11.3 Å². The fraction of sp³-hybridized carbons (Fsp3) is 0.500. The lowest BCUT2D eigenvalue weighted by molar-refractivity contribution is 0.0862. The van der Waals surface area contributed by atoms with Crippen molar-refractivity contribution in [1.82, 2.24) is 30.5 Å². The largest absolute Gasteiger partial charge is 0.507 e. The first kappa shape index (κ1) is 21.9. The Balaban J connectivity index is 1.39. The van der Waals surface area contributed by atoms with Gasteiger partial charge < -0.3 is 20.1 Å². The number of fused-ring (bicyclic) bond motifs is 2. The first-order chi connectivity index (χ1) is 15.7. The molecule has 0 spiro atoms. The van der Waals surface area contributed by atoms with Crippen molar-refractivity contribution >= 4 is 16.5 Å². The normalized spacial score (nSPS) is 28.6. The van der Waals surface area contributed by atoms with E-state index in [1.165, 1.54) is 24.8 Å². The molecule has 2 aromatic heterocycles. The zero-order chi connectivity index (χ0) is 23.4. The van der Waals surface area contributed by atoms with E-state index in [9.17, 15) is 5.11 Å². The summed E-state index contributed by atoms with van der Waals surface area (Å²) in [5, 5.41) is 23.9. The smallest absolute Gasteiger partial charge is 0.319 e. The molecule has 2 N–H and O–H groups in total. The highest BCUT2D eigenvalue weighted by atomic mass is 32.1. The second-order valence-corrected chi connectivity index (χ2v) is 10.3. The van der Waals surface area contributed by atoms with Gasteiger partial charge in [-0.25, -0.2) is 9.37 Å². The molecule has 0 unspecified atom stereocenters. The topological polar surface area (TPSA) is 109 Å². The Morgan fingerprint density at radius 2 is 2.06 bits per heavy atom. The number of phenols is 1. The molecular weight excluding hydrogens is 445 g/mol. The number of anilines is 1. The quantitative estimate of drug-likeness (QED) is 0.580. The molecular formula is C22H26FN7O2S. The van der Waals surface area contributed by atoms with Crippen molar-refractivity contribution in [3.05, 3.63) is 24.5 Å². The number of aromatic hydroxyl groups is 1. The van der Waals surface area contributed by atoms with E-state index >= 15 is 4.39 Å². The van der Waals surface area contributed by atoms with Gasteiger partial charge in [0.05, 0.1) is 18.7 Å². The van der Waals surface area contributed by atoms with Crippen LogP contribution in [0.3, 0.4) is 0 Å². The zero-order valence-corrected chi connectivity index (χ0v) is 19.7. The SMILES string of the molecule is COc1ncnc(-c2ccc(-c3nnc(N(C)[C@H]4C[C@]5(C)CC[C@@](C)(N5)[C@H]4F)s3)c(O)c2)n1. The van der Waals surface area contributed by atoms with Crippen LogP contribution < -0.4 is 15.0 Å². The van der Waals surface area contributed by atoms with E-state index in [1.54, 1.807) is 18.2 Å². The number of alkyl halides is 1. The molecule has 5 rings (SSSR count). The van der Waals surface area contributed by atoms with Crippen LogP contribution in [0.5, 0.6) is 11.8 Å². The summed E-state index contributed by atoms with van der Waals surface area (Å²) in [5.74, 6) is 0.415. The number of benzene rings is 1. The first-order valence-corrected chi connectivity index (χ1v) is 11.6. The Bertz CT molecular complexity index is 1190. The van der Waals surface area contributed by atoms with Crippen LogP contribution in [0.15, 0.2) is 24.5 Å². The van der Waals surface area contributed by atoms with E-state index < -0.39 is 11.7 Å². The Morgan fingerprint density at radius 1 is 1.24 bits per heavy atom. The monoisotopic (exact) mass is 471 g/mol. The number of hydrogen-bond acceptors (Lipinski definition) is 10. The fourth-order valence-electron chi connectivity index (χ4n) is 5.01. The van der Waals surface area contributed by atoms with Gasteiger partial charge >= 0.3 is 6.01 Å². The van der Waals surface area contributed by atoms with Crippen molar-refractivity contribution in [3.8, 4) is 33.7 Å². The number of rotatable bonds is 5. The molecule has 174 valence electrons. The highest BCUT2D eigenvalue weighted by Crippen LogP contribution is 2.46. The molecule has 2 bridgehead atoms. The average Bonchev–Trinajstić information content (AvgIpc) is 3.40. The highest BCUT2D eigenvalue weighted by molar-refractivity contribution is 7.18. The molecule has 33 heavy (non-hydrogen) atoms. The van der Waals surface area contributed by atoms with Crippen molar-refractivity contribution in [2.75, 3.05) is 19.1 Å². The lowest BCUT2D eigenvalue weighted by atomic mass is 9.82. The second kappa shape index (κ2) is 7.84. The zero-order valence-electron chi connectivity index (χ0n) is 18.9. The number of aromatic nitrogens is 5. The number of ether oxygens (including phenoxy) is 1. The molecule has 0 saturated carbocycles. The van der Waals surface area contributed by atoms with E-state index in [4.69, 9.17) is 4.74 Å². The van der Waals surface area contributed by atoms with Gasteiger partial charge in [0.1, 0.15) is 18.2 Å². The van der Waals surface area contributed by atoms with Gasteiger partial charge in [-0.05, 0) is 45.2 Å². The summed E-state index contributed by atoms with van der Waals surface area (Å²) in [5.41, 5.74) is 0.560. The molecule has 9 nitrogen and oxygen atoms in total. The van der Waals surface area contributed by atoms with E-state index in [0.717, 1.165) is 12.8 Å². The van der Waals surface area contributed by atoms with Gasteiger partial charge in [0, 0.05) is 23.7 Å². The van der Waals surface area contributed by atoms with E-state index in [1.807, 2.05) is 18.9 Å². The lowest BCUT2D eigenvalue weighted by Gasteiger charge is -2.47. The minimum atomic E-state index is -1.02. The molecule has 2 saturated heterocycles. The third kappa shape index (κ3) is 3.78. The van der Waals surface area contributed by atoms with Crippen molar-refractivity contribution in [3.63, 3.8) is 0 Å². The molecule has 1 aromatic carbocycles. The molecule has 3 aromatic rings. The summed E-state index contributed by atoms with van der Waals surface area (Å²) in [7, 11) is 3.35. The maximum atomic E-state index is 15.5. The number of hydrogen-bond donors (Lipinski definition) is 2. The summed E-state index contributed by atoms with van der Waals surface area (Å²) < 4.78 is 20.5. The Kier molecular flexibility index (Phi) is 5.20. The molecule has 4 heterocycles. The predicted molar refractivity (Wildman–Crippen MR) is 123 cm³/mol. The van der Waals surface area contributed by atoms with Crippen molar-refractivity contribution in [2.24, 2.45) is 0 Å². The molecule has 2 fully saturated rings. The summed E-state index contributed by atoms with van der Waals surface area (Å²) in [6, 6.07) is 5.01. The third-order valence-corrected chi connectivity index (χ3v) is 7.87. The van der Waals surface area contributed by atoms with Gasteiger partial charge in [0.2, 0.25) is 5.13 Å². The average molecular weight is 472 g/mol. The van der Waals surface area contributed by atoms with Gasteiger partial charge in [-0.3, -0.25) is 0 Å². The number of nitrogens with zero attached hydrogens (tertiary/aromatic N) is 6. The van der Waals surface area contributed by atoms with Gasteiger partial charge in [0.15, 0.2) is 10.8 Å². The second-order valence-electron chi connectivity index (χ2n) is 9.30. The van der Waals surface area contributed by atoms with Crippen LogP contribution in [0.2, 0.25) is 0 Å². The first-order valence-electron chi connectivity index (χ1n) is 10.8. The van der Waals surface area contributed by atoms with E-state index in [-0.39, 0.29) is 23.3 Å². The fourth-order valence-corrected chi connectivity index (χ4v) is 5.91. The molecule has 4 atom stereocenters. The number of phenolic OH excluding ortho intramolecular Hbond substituents is 1. The highest BCUT2D eigenvalue weighted by Gasteiger charge is 2.56. The predicted octanol–water partition coefficient (Wildman–Crippen LogP) is 3.22. The van der Waals surface area contributed by atoms with Crippen LogP contribution in [0, 0.1) is 0 Å². The maximum Gasteiger partial charge on any atom is 0.319 e. The van der Waals surface area contributed by atoms with Crippen LogP contribution in [-0.2, 0) is 0 Å². The van der Waals surface area contributed by atoms with Crippen LogP contribution in [0.25, 0.3) is 22.0 Å². The molecule has 0 aliphatic carbocycles. The van der Waals surface area contributed by atoms with Crippen LogP contribution in [0.4, 0.5) is 9.52 Å². The standard InChI is InChI=1S/C22H26FN7O2S/c1-21-7-8-22(2,29-21)16(23)14(10-21)30(3)20-28-27-18(33-20)13-6-5-12(9-15(13)31)17-24-11-25-19(26-17)32-4/h5-6,9,11,14,16,29,31H,7-8,10H2,1-4H3/t14-,16-,21-,22+/m0/s1. The Morgan fingerprint density at radius 3 is 2.82 bits per heavy atom. The maximum absolute atomic E-state index is 15.5. The van der Waals surface area contributed by atoms with E-state index in [0.29, 0.717) is 33.5 Å². The summed E-state index contributed by atoms with van der Waals surface area (Å²) in [6.07, 6.45) is 2.82. The molecule has 11 heteroatoms. The minimum Gasteiger partial charge on any atom is -0.507 e. The minimum absolute atomic E-state index is 0.0283. The van der Waals surface area contributed by atoms with Crippen molar-refractivity contribution in [1.29, 1.82) is 0 Å². The third-order valence-electron chi connectivity index (χ3n) is 6.82. The number of halogens is 1. The van der Waals surface area contributed by atoms with Gasteiger partial charge in [-0.1, -0.05) is 17.4 Å². The molecule has 2 aliphatic heterocycles. The van der Waals surface area contributed by atoms with Crippen molar-refractivity contribution in [2.45, 2.75) is 56.4 Å². The van der Waals surface area contributed by atoms with E-state index in [2.05, 4.69) is 37.4 Å². The van der Waals surface area contributed by atoms with Crippen molar-refractivity contribution < 1.29 is 14.2 Å². The van der Waals surface area contributed by atoms with Gasteiger partial charge in [0.25, 0.3) is 0 Å².